The molecule has 0 amide bonds. The van der Waals surface area contributed by atoms with E-state index < -0.39 is 18.3 Å². The van der Waals surface area contributed by atoms with Gasteiger partial charge in [0, 0.05) is 5.54 Å². The zero-order valence-corrected chi connectivity index (χ0v) is 9.36. The smallest absolute Gasteiger partial charge is 0.394 e. The zero-order valence-electron chi connectivity index (χ0n) is 9.36. The van der Waals surface area contributed by atoms with Gasteiger partial charge >= 0.3 is 6.18 Å². The van der Waals surface area contributed by atoms with Crippen molar-refractivity contribution in [3.63, 3.8) is 0 Å². The Morgan fingerprint density at radius 2 is 1.87 bits per heavy atom. The van der Waals surface area contributed by atoms with Gasteiger partial charge in [-0.25, -0.2) is 0 Å². The average molecular weight is 228 g/mol. The third-order valence-corrected chi connectivity index (χ3v) is 2.45. The Labute approximate surface area is 88.3 Å². The summed E-state index contributed by atoms with van der Waals surface area (Å²) in [4.78, 5) is 1.20. The number of nitrogens with one attached hydrogen (secondary N) is 1. The number of likely N-dealkylation sites (N-methyl/N-ethyl adjacent to an activating group) is 1. The van der Waals surface area contributed by atoms with Crippen LogP contribution in [0.4, 0.5) is 13.2 Å². The summed E-state index contributed by atoms with van der Waals surface area (Å²) in [6, 6.07) is 0. The van der Waals surface area contributed by atoms with Crippen molar-refractivity contribution < 1.29 is 18.3 Å². The molecule has 0 aromatic carbocycles. The molecule has 3 nitrogen and oxygen atoms in total. The lowest BCUT2D eigenvalue weighted by Gasteiger charge is -2.29. The van der Waals surface area contributed by atoms with E-state index in [-0.39, 0.29) is 13.2 Å². The molecule has 1 unspecified atom stereocenters. The third-order valence-electron chi connectivity index (χ3n) is 2.45. The summed E-state index contributed by atoms with van der Waals surface area (Å²) in [5.41, 5.74) is -0.514. The molecule has 0 bridgehead atoms. The summed E-state index contributed by atoms with van der Waals surface area (Å²) in [6.07, 6.45) is -3.70. The molecule has 0 saturated carbocycles. The van der Waals surface area contributed by atoms with Gasteiger partial charge in [-0.2, -0.15) is 13.2 Å². The lowest BCUT2D eigenvalue weighted by atomic mass is 9.99. The lowest BCUT2D eigenvalue weighted by Crippen LogP contribution is -2.46. The number of aliphatic hydroxyl groups is 1. The van der Waals surface area contributed by atoms with Gasteiger partial charge in [0.1, 0.15) is 0 Å². The van der Waals surface area contributed by atoms with E-state index in [2.05, 4.69) is 5.32 Å². The Morgan fingerprint density at radius 3 is 2.20 bits per heavy atom. The number of nitrogens with zero attached hydrogens (tertiary/aromatic N) is 1. The summed E-state index contributed by atoms with van der Waals surface area (Å²) in [7, 11) is 3.10. The van der Waals surface area contributed by atoms with E-state index in [1.165, 1.54) is 11.9 Å². The molecular weight excluding hydrogens is 209 g/mol. The van der Waals surface area contributed by atoms with E-state index in [0.717, 1.165) is 0 Å². The molecule has 0 aromatic rings. The maximum Gasteiger partial charge on any atom is 0.401 e. The van der Waals surface area contributed by atoms with Gasteiger partial charge in [-0.05, 0) is 34.0 Å². The number of alkyl halides is 3. The molecule has 1 atom stereocenters. The van der Waals surface area contributed by atoms with E-state index in [9.17, 15) is 13.2 Å². The summed E-state index contributed by atoms with van der Waals surface area (Å²) >= 11 is 0. The van der Waals surface area contributed by atoms with Gasteiger partial charge in [0.05, 0.1) is 13.2 Å². The maximum atomic E-state index is 12.0. The molecule has 2 N–H and O–H groups in total. The third kappa shape index (κ3) is 6.70. The monoisotopic (exact) mass is 228 g/mol. The van der Waals surface area contributed by atoms with Gasteiger partial charge in [0.2, 0.25) is 0 Å². The van der Waals surface area contributed by atoms with Crippen LogP contribution in [-0.4, -0.2) is 55.5 Å². The molecule has 0 aliphatic carbocycles. The van der Waals surface area contributed by atoms with Crippen LogP contribution < -0.4 is 5.32 Å². The normalized spacial score (nSPS) is 16.8. The summed E-state index contributed by atoms with van der Waals surface area (Å²) in [6.45, 7) is 1.05. The topological polar surface area (TPSA) is 35.5 Å². The molecule has 92 valence electrons. The van der Waals surface area contributed by atoms with E-state index in [1.807, 2.05) is 0 Å². The molecule has 0 aliphatic heterocycles. The fourth-order valence-corrected chi connectivity index (χ4v) is 1.11. The summed E-state index contributed by atoms with van der Waals surface area (Å²) in [5, 5.41) is 11.9. The van der Waals surface area contributed by atoms with Crippen LogP contribution in [0.5, 0.6) is 0 Å². The summed E-state index contributed by atoms with van der Waals surface area (Å²) < 4.78 is 35.9. The molecule has 0 aliphatic rings. The Balaban J connectivity index is 3.94. The second-order valence-corrected chi connectivity index (χ2v) is 4.07. The first-order valence-corrected chi connectivity index (χ1v) is 4.77. The standard InChI is InChI=1S/C9H19F3N2O/c1-8(7-15,13-2)4-5-14(3)6-9(10,11)12/h13,15H,4-7H2,1-3H3. The van der Waals surface area contributed by atoms with Crippen LogP contribution >= 0.6 is 0 Å². The lowest BCUT2D eigenvalue weighted by molar-refractivity contribution is -0.143. The minimum absolute atomic E-state index is 0.0939. The van der Waals surface area contributed by atoms with E-state index >= 15 is 0 Å². The molecule has 0 rings (SSSR count). The largest absolute Gasteiger partial charge is 0.401 e. The highest BCUT2D eigenvalue weighted by Gasteiger charge is 2.30. The predicted octanol–water partition coefficient (Wildman–Crippen LogP) is 0.841. The van der Waals surface area contributed by atoms with Crippen LogP contribution in [0.2, 0.25) is 0 Å². The fraction of sp³-hybridized carbons (Fsp3) is 1.00. The quantitative estimate of drug-likeness (QED) is 0.707. The van der Waals surface area contributed by atoms with Crippen molar-refractivity contribution in [2.24, 2.45) is 0 Å². The minimum atomic E-state index is -4.16. The second kappa shape index (κ2) is 5.67. The minimum Gasteiger partial charge on any atom is -0.394 e. The van der Waals surface area contributed by atoms with Gasteiger partial charge in [-0.1, -0.05) is 0 Å². The highest BCUT2D eigenvalue weighted by atomic mass is 19.4. The highest BCUT2D eigenvalue weighted by Crippen LogP contribution is 2.16. The molecule has 15 heavy (non-hydrogen) atoms. The van der Waals surface area contributed by atoms with Crippen molar-refractivity contribution in [3.8, 4) is 0 Å². The SMILES string of the molecule is CNC(C)(CO)CCN(C)CC(F)(F)F. The van der Waals surface area contributed by atoms with Crippen molar-refractivity contribution in [2.45, 2.75) is 25.1 Å². The first kappa shape index (κ1) is 14.7. The van der Waals surface area contributed by atoms with Crippen LogP contribution in [0.3, 0.4) is 0 Å². The average Bonchev–Trinajstić information content (AvgIpc) is 2.12. The van der Waals surface area contributed by atoms with Crippen LogP contribution in [-0.2, 0) is 0 Å². The molecule has 0 spiro atoms. The van der Waals surface area contributed by atoms with E-state index in [4.69, 9.17) is 5.11 Å². The van der Waals surface area contributed by atoms with Crippen LogP contribution in [0.15, 0.2) is 0 Å². The number of halogens is 3. The van der Waals surface area contributed by atoms with Gasteiger partial charge in [0.15, 0.2) is 0 Å². The van der Waals surface area contributed by atoms with Crippen LogP contribution in [0.25, 0.3) is 0 Å². The molecule has 0 saturated heterocycles. The van der Waals surface area contributed by atoms with Gasteiger partial charge in [0.25, 0.3) is 0 Å². The van der Waals surface area contributed by atoms with Crippen molar-refractivity contribution in [3.05, 3.63) is 0 Å². The highest BCUT2D eigenvalue weighted by molar-refractivity contribution is 4.81. The Hall–Kier alpha value is -0.330. The zero-order chi connectivity index (χ0) is 12.1. The first-order chi connectivity index (χ1) is 6.72. The van der Waals surface area contributed by atoms with Crippen molar-refractivity contribution >= 4 is 0 Å². The van der Waals surface area contributed by atoms with E-state index in [0.29, 0.717) is 6.42 Å². The van der Waals surface area contributed by atoms with Crippen molar-refractivity contribution in [2.75, 3.05) is 33.8 Å². The Kier molecular flexibility index (Phi) is 5.55. The fourth-order valence-electron chi connectivity index (χ4n) is 1.11. The van der Waals surface area contributed by atoms with Gasteiger partial charge in [-0.3, -0.25) is 4.90 Å². The molecule has 6 heteroatoms. The molecule has 0 aromatic heterocycles. The predicted molar refractivity (Wildman–Crippen MR) is 52.7 cm³/mol. The number of hydrogen-bond donors (Lipinski definition) is 2. The summed E-state index contributed by atoms with van der Waals surface area (Å²) in [5.74, 6) is 0. The van der Waals surface area contributed by atoms with Crippen molar-refractivity contribution in [1.29, 1.82) is 0 Å². The maximum absolute atomic E-state index is 12.0. The van der Waals surface area contributed by atoms with Gasteiger partial charge in [-0.15, -0.1) is 0 Å². The first-order valence-electron chi connectivity index (χ1n) is 4.77. The number of hydrogen-bond acceptors (Lipinski definition) is 3. The van der Waals surface area contributed by atoms with Crippen LogP contribution in [0, 0.1) is 0 Å². The molecule has 0 heterocycles. The number of rotatable bonds is 6. The Bertz CT molecular complexity index is 181. The van der Waals surface area contributed by atoms with Crippen molar-refractivity contribution in [1.82, 2.24) is 10.2 Å². The second-order valence-electron chi connectivity index (χ2n) is 4.07. The number of aliphatic hydroxyl groups excluding tert-OH is 1. The van der Waals surface area contributed by atoms with Gasteiger partial charge < -0.3 is 10.4 Å². The molecule has 0 fully saturated rings. The molecule has 0 radical (unpaired) electrons. The Morgan fingerprint density at radius 1 is 1.33 bits per heavy atom. The van der Waals surface area contributed by atoms with E-state index in [1.54, 1.807) is 14.0 Å². The molecular formula is C9H19F3N2O. The van der Waals surface area contributed by atoms with Crippen LogP contribution in [0.1, 0.15) is 13.3 Å².